The van der Waals surface area contributed by atoms with Gasteiger partial charge in [-0.05, 0) is 19.4 Å². The Hall–Kier alpha value is -4.31. The van der Waals surface area contributed by atoms with Crippen LogP contribution in [0.25, 0.3) is 11.2 Å². The normalized spacial score (nSPS) is 26.4. The van der Waals surface area contributed by atoms with Crippen LogP contribution >= 0.6 is 15.6 Å². The summed E-state index contributed by atoms with van der Waals surface area (Å²) >= 11 is 0. The minimum atomic E-state index is -5.44. The first-order valence-electron chi connectivity index (χ1n) is 17.8. The Labute approximate surface area is 339 Å². The molecule has 1 amide bonds. The maximum absolute atomic E-state index is 13.8. The molecule has 2 saturated heterocycles. The average Bonchev–Trinajstić information content (AvgIpc) is 3.83. The van der Waals surface area contributed by atoms with Crippen LogP contribution in [0.2, 0.25) is 0 Å². The molecule has 2 aliphatic heterocycles. The molecule has 60 heavy (non-hydrogen) atoms. The SMILES string of the molecule is C=CCCC(=O)N(C)[C@@H](COC[C@H](C)O)C(=O)O[C@H]1[C@@H](O)[C@H](n2cnc3c(N)ncnc32)O[C@@H]1COP(=O)(O)O[C@H]1[C@@H](O)[C@H](n2ccc(N)nc2=O)O[C@@H]1COP(=O)(O)O. The monoisotopic (exact) mass is 893 g/mol. The second kappa shape index (κ2) is 19.6. The molecule has 0 radical (unpaired) electrons. The van der Waals surface area contributed by atoms with Gasteiger partial charge >= 0.3 is 27.3 Å². The van der Waals surface area contributed by atoms with E-state index in [1.54, 1.807) is 0 Å². The highest BCUT2D eigenvalue weighted by molar-refractivity contribution is 7.47. The summed E-state index contributed by atoms with van der Waals surface area (Å²) in [6.07, 6.45) is -9.93. The van der Waals surface area contributed by atoms with E-state index in [0.717, 1.165) is 28.1 Å². The number of hydrogen-bond donors (Lipinski definition) is 8. The smallest absolute Gasteiger partial charge is 0.455 e. The number of allylic oxidation sites excluding steroid dienone is 1. The Morgan fingerprint density at radius 2 is 1.67 bits per heavy atom. The lowest BCUT2D eigenvalue weighted by Crippen LogP contribution is -2.49. The van der Waals surface area contributed by atoms with Crippen LogP contribution in [0, 0.1) is 0 Å². The van der Waals surface area contributed by atoms with Crippen molar-refractivity contribution in [2.24, 2.45) is 0 Å². The van der Waals surface area contributed by atoms with Crippen molar-refractivity contribution in [3.8, 4) is 0 Å². The topological polar surface area (TPSA) is 388 Å². The van der Waals surface area contributed by atoms with Gasteiger partial charge in [0, 0.05) is 19.7 Å². The summed E-state index contributed by atoms with van der Waals surface area (Å²) in [5, 5.41) is 32.5. The molecular formula is C31H45N9O18P2. The van der Waals surface area contributed by atoms with Gasteiger partial charge in [0.05, 0.1) is 38.9 Å². The van der Waals surface area contributed by atoms with Crippen molar-refractivity contribution in [3.63, 3.8) is 0 Å². The molecule has 3 aromatic rings. The van der Waals surface area contributed by atoms with Gasteiger partial charge in [-0.25, -0.2) is 33.7 Å². The zero-order valence-electron chi connectivity index (χ0n) is 31.9. The Kier molecular flexibility index (Phi) is 15.3. The fourth-order valence-corrected chi connectivity index (χ4v) is 7.42. The van der Waals surface area contributed by atoms with Gasteiger partial charge in [0.15, 0.2) is 36.1 Å². The van der Waals surface area contributed by atoms with Gasteiger partial charge < -0.3 is 65.3 Å². The molecule has 0 spiro atoms. The molecule has 11 atom stereocenters. The van der Waals surface area contributed by atoms with Crippen molar-refractivity contribution in [2.75, 3.05) is 44.9 Å². The van der Waals surface area contributed by atoms with Crippen LogP contribution in [0.3, 0.4) is 0 Å². The summed E-state index contributed by atoms with van der Waals surface area (Å²) in [5.41, 5.74) is 10.6. The Balaban J connectivity index is 1.41. The number of likely N-dealkylation sites (N-methyl/N-ethyl adjacent to an activating group) is 1. The molecule has 2 fully saturated rings. The van der Waals surface area contributed by atoms with Gasteiger partial charge in [0.1, 0.15) is 48.2 Å². The Morgan fingerprint density at radius 1 is 1.02 bits per heavy atom. The Bertz CT molecular complexity index is 2150. The maximum Gasteiger partial charge on any atom is 0.472 e. The van der Waals surface area contributed by atoms with Crippen LogP contribution in [-0.4, -0.2) is 158 Å². The summed E-state index contributed by atoms with van der Waals surface area (Å²) in [5.74, 6) is -1.86. The zero-order chi connectivity index (χ0) is 44.1. The third-order valence-corrected chi connectivity index (χ3v) is 10.5. The van der Waals surface area contributed by atoms with Crippen LogP contribution in [-0.2, 0) is 51.2 Å². The number of esters is 1. The lowest BCUT2D eigenvalue weighted by molar-refractivity contribution is -0.168. The highest BCUT2D eigenvalue weighted by Gasteiger charge is 2.52. The number of hydrogen-bond acceptors (Lipinski definition) is 21. The van der Waals surface area contributed by atoms with Gasteiger partial charge in [-0.15, -0.1) is 6.58 Å². The number of aliphatic hydroxyl groups excluding tert-OH is 3. The first-order chi connectivity index (χ1) is 28.2. The molecule has 27 nitrogen and oxygen atoms in total. The number of aliphatic hydroxyl groups is 3. The minimum absolute atomic E-state index is 0.0287. The zero-order valence-corrected chi connectivity index (χ0v) is 33.7. The number of imidazole rings is 1. The molecule has 5 rings (SSSR count). The lowest BCUT2D eigenvalue weighted by Gasteiger charge is -2.29. The number of amides is 1. The molecule has 10 N–H and O–H groups in total. The number of rotatable bonds is 20. The second-order valence-electron chi connectivity index (χ2n) is 13.5. The number of nitrogens with zero attached hydrogens (tertiary/aromatic N) is 7. The van der Waals surface area contributed by atoms with E-state index in [2.05, 4.69) is 31.0 Å². The fraction of sp³-hybridized carbons (Fsp3) is 0.581. The number of phosphoric acid groups is 2. The summed E-state index contributed by atoms with van der Waals surface area (Å²) in [4.78, 5) is 85.5. The predicted octanol–water partition coefficient (Wildman–Crippen LogP) is -2.52. The number of carbonyl (C=O) groups excluding carboxylic acids is 2. The number of aromatic nitrogens is 6. The number of anilines is 2. The van der Waals surface area contributed by atoms with E-state index >= 15 is 0 Å². The van der Waals surface area contributed by atoms with Crippen LogP contribution in [0.4, 0.5) is 11.6 Å². The molecule has 0 saturated carbocycles. The van der Waals surface area contributed by atoms with E-state index in [9.17, 15) is 53.5 Å². The highest BCUT2D eigenvalue weighted by atomic mass is 31.2. The van der Waals surface area contributed by atoms with Gasteiger partial charge in [-0.1, -0.05) is 6.08 Å². The summed E-state index contributed by atoms with van der Waals surface area (Å²) in [6.45, 7) is 2.29. The van der Waals surface area contributed by atoms with Crippen molar-refractivity contribution in [2.45, 2.75) is 81.0 Å². The second-order valence-corrected chi connectivity index (χ2v) is 16.1. The number of nitrogens with two attached hydrogens (primary N) is 2. The molecule has 1 unspecified atom stereocenters. The van der Waals surface area contributed by atoms with Crippen LogP contribution in [0.1, 0.15) is 32.2 Å². The van der Waals surface area contributed by atoms with Gasteiger partial charge in [-0.2, -0.15) is 4.98 Å². The predicted molar refractivity (Wildman–Crippen MR) is 199 cm³/mol. The van der Waals surface area contributed by atoms with Gasteiger partial charge in [0.2, 0.25) is 5.91 Å². The highest BCUT2D eigenvalue weighted by Crippen LogP contribution is 2.50. The number of nitrogen functional groups attached to an aromatic ring is 2. The van der Waals surface area contributed by atoms with E-state index in [4.69, 9.17) is 39.5 Å². The number of carbonyl (C=O) groups is 2. The number of phosphoric ester groups is 2. The number of ether oxygens (including phenoxy) is 4. The number of fused-ring (bicyclic) bond motifs is 1. The standard InChI is InChI=1S/C31H45N9O18P2/c1-4-5-6-20(42)38(3)16(10-52-9-15(2)41)30(45)57-24-17(55-29(22(24)43)40-14-36-21-26(33)34-13-35-27(21)40)12-54-60(50,51)58-25-18(11-53-59(47,48)49)56-28(23(25)44)39-8-7-19(32)37-31(39)46/h4,7-8,13-18,22-25,28-29,41,43-44H,1,5-6,9-12H2,2-3H3,(H,50,51)(H2,32,37,46)(H2,33,34,35)(H2,47,48,49)/t15-,16-,17+,18+,22+,23+,24+,25+,28+,29+/m0/s1. The van der Waals surface area contributed by atoms with Crippen LogP contribution in [0.5, 0.6) is 0 Å². The summed E-state index contributed by atoms with van der Waals surface area (Å²) in [7, 11) is -9.31. The molecule has 0 aromatic carbocycles. The van der Waals surface area contributed by atoms with Crippen molar-refractivity contribution in [3.05, 3.63) is 48.1 Å². The summed E-state index contributed by atoms with van der Waals surface area (Å²) in [6, 6.07) is -0.284. The van der Waals surface area contributed by atoms with Crippen LogP contribution < -0.4 is 17.2 Å². The van der Waals surface area contributed by atoms with Crippen molar-refractivity contribution in [1.29, 1.82) is 0 Å². The maximum atomic E-state index is 13.8. The molecule has 332 valence electrons. The third kappa shape index (κ3) is 11.3. The van der Waals surface area contributed by atoms with E-state index < -0.39 is 114 Å². The van der Waals surface area contributed by atoms with E-state index in [1.807, 2.05) is 0 Å². The van der Waals surface area contributed by atoms with E-state index in [0.29, 0.717) is 0 Å². The van der Waals surface area contributed by atoms with Gasteiger partial charge in [0.25, 0.3) is 0 Å². The molecular weight excluding hydrogens is 848 g/mol. The molecule has 0 bridgehead atoms. The molecule has 3 aromatic heterocycles. The average molecular weight is 894 g/mol. The van der Waals surface area contributed by atoms with Crippen molar-refractivity contribution >= 4 is 50.3 Å². The first kappa shape index (κ1) is 46.8. The Morgan fingerprint density at radius 3 is 2.32 bits per heavy atom. The third-order valence-electron chi connectivity index (χ3n) is 9.05. The molecule has 5 heterocycles. The molecule has 0 aliphatic carbocycles. The molecule has 2 aliphatic rings. The first-order valence-corrected chi connectivity index (χ1v) is 20.9. The summed E-state index contributed by atoms with van der Waals surface area (Å²) < 4.78 is 64.6. The van der Waals surface area contributed by atoms with E-state index in [1.165, 1.54) is 30.9 Å². The minimum Gasteiger partial charge on any atom is -0.455 e. The van der Waals surface area contributed by atoms with E-state index in [-0.39, 0.29) is 42.2 Å². The quantitative estimate of drug-likeness (QED) is 0.0329. The molecule has 29 heteroatoms. The van der Waals surface area contributed by atoms with Crippen LogP contribution in [0.15, 0.2) is 42.4 Å². The van der Waals surface area contributed by atoms with Gasteiger partial charge in [-0.3, -0.25) is 27.5 Å². The lowest BCUT2D eigenvalue weighted by atomic mass is 10.1. The van der Waals surface area contributed by atoms with Crippen molar-refractivity contribution in [1.82, 2.24) is 34.0 Å². The largest absolute Gasteiger partial charge is 0.472 e. The fourth-order valence-electron chi connectivity index (χ4n) is 6.12. The van der Waals surface area contributed by atoms with Crippen molar-refractivity contribution < 1.29 is 81.2 Å².